The number of carbonyl (C=O) groups excluding carboxylic acids is 2. The van der Waals surface area contributed by atoms with Crippen LogP contribution in [0, 0.1) is 6.92 Å². The number of hydrogen-bond donors (Lipinski definition) is 1. The number of halogens is 1. The summed E-state index contributed by atoms with van der Waals surface area (Å²) in [6.45, 7) is 4.84. The highest BCUT2D eigenvalue weighted by molar-refractivity contribution is 6.30. The number of rotatable bonds is 4. The normalized spacial score (nSPS) is 16.9. The number of hydrogen-bond acceptors (Lipinski definition) is 2. The van der Waals surface area contributed by atoms with E-state index in [4.69, 9.17) is 11.6 Å². The lowest BCUT2D eigenvalue weighted by Crippen LogP contribution is -2.43. The van der Waals surface area contributed by atoms with Crippen molar-refractivity contribution in [1.82, 2.24) is 4.90 Å². The molecule has 0 aliphatic carbocycles. The second-order valence-corrected chi connectivity index (χ2v) is 7.48. The molecule has 0 saturated carbocycles. The zero-order chi connectivity index (χ0) is 19.4. The fourth-order valence-electron chi connectivity index (χ4n) is 3.58. The van der Waals surface area contributed by atoms with E-state index in [0.29, 0.717) is 22.2 Å². The third-order valence-electron chi connectivity index (χ3n) is 5.19. The van der Waals surface area contributed by atoms with E-state index in [-0.39, 0.29) is 11.8 Å². The first kappa shape index (κ1) is 19.4. The molecule has 3 rings (SSSR count). The van der Waals surface area contributed by atoms with Crippen LogP contribution < -0.4 is 5.32 Å². The highest BCUT2D eigenvalue weighted by Gasteiger charge is 2.26. The molecule has 1 fully saturated rings. The van der Waals surface area contributed by atoms with Crippen LogP contribution in [0.25, 0.3) is 0 Å². The van der Waals surface area contributed by atoms with Gasteiger partial charge in [-0.3, -0.25) is 9.59 Å². The Morgan fingerprint density at radius 2 is 1.81 bits per heavy atom. The molecule has 1 unspecified atom stereocenters. The van der Waals surface area contributed by atoms with Crippen molar-refractivity contribution >= 4 is 29.1 Å². The van der Waals surface area contributed by atoms with Gasteiger partial charge in [-0.15, -0.1) is 0 Å². The quantitative estimate of drug-likeness (QED) is 0.776. The Morgan fingerprint density at radius 1 is 1.11 bits per heavy atom. The topological polar surface area (TPSA) is 49.4 Å². The lowest BCUT2D eigenvalue weighted by Gasteiger charge is -2.35. The van der Waals surface area contributed by atoms with Crippen LogP contribution in [0.5, 0.6) is 0 Å². The van der Waals surface area contributed by atoms with Crippen LogP contribution in [0.15, 0.2) is 42.5 Å². The van der Waals surface area contributed by atoms with Crippen molar-refractivity contribution < 1.29 is 9.59 Å². The van der Waals surface area contributed by atoms with E-state index in [9.17, 15) is 9.59 Å². The van der Waals surface area contributed by atoms with Crippen molar-refractivity contribution in [2.75, 3.05) is 11.9 Å². The van der Waals surface area contributed by atoms with Gasteiger partial charge in [0.15, 0.2) is 0 Å². The standard InChI is InChI=1S/C22H25ClN2O2/c1-3-19-6-4-5-13-25(19)22(27)17-9-7-16(8-10-17)21(26)24-20-12-11-18(23)14-15(20)2/h7-12,14,19H,3-6,13H2,1-2H3,(H,24,26). The summed E-state index contributed by atoms with van der Waals surface area (Å²) in [4.78, 5) is 27.3. The van der Waals surface area contributed by atoms with Gasteiger partial charge in [0.25, 0.3) is 11.8 Å². The van der Waals surface area contributed by atoms with E-state index in [2.05, 4.69) is 12.2 Å². The molecular weight excluding hydrogens is 360 g/mol. The van der Waals surface area contributed by atoms with Crippen LogP contribution in [0.4, 0.5) is 5.69 Å². The Balaban J connectivity index is 1.70. The molecule has 142 valence electrons. The second-order valence-electron chi connectivity index (χ2n) is 7.05. The number of carbonyl (C=O) groups is 2. The molecule has 1 aliphatic heterocycles. The molecule has 1 aliphatic rings. The number of nitrogens with zero attached hydrogens (tertiary/aromatic N) is 1. The number of amides is 2. The van der Waals surface area contributed by atoms with Crippen molar-refractivity contribution in [3.05, 3.63) is 64.2 Å². The van der Waals surface area contributed by atoms with Crippen LogP contribution in [-0.4, -0.2) is 29.3 Å². The van der Waals surface area contributed by atoms with Crippen LogP contribution in [0.2, 0.25) is 5.02 Å². The monoisotopic (exact) mass is 384 g/mol. The summed E-state index contributed by atoms with van der Waals surface area (Å²) < 4.78 is 0. The molecule has 0 bridgehead atoms. The summed E-state index contributed by atoms with van der Waals surface area (Å²) in [5, 5.41) is 3.52. The maximum absolute atomic E-state index is 12.8. The molecule has 1 saturated heterocycles. The Bertz CT molecular complexity index is 833. The molecule has 0 radical (unpaired) electrons. The summed E-state index contributed by atoms with van der Waals surface area (Å²) in [5.41, 5.74) is 2.78. The average Bonchev–Trinajstić information content (AvgIpc) is 2.69. The van der Waals surface area contributed by atoms with Gasteiger partial charge in [-0.25, -0.2) is 0 Å². The molecule has 0 spiro atoms. The van der Waals surface area contributed by atoms with E-state index >= 15 is 0 Å². The highest BCUT2D eigenvalue weighted by atomic mass is 35.5. The molecule has 27 heavy (non-hydrogen) atoms. The van der Waals surface area contributed by atoms with Crippen LogP contribution in [-0.2, 0) is 0 Å². The first-order valence-corrected chi connectivity index (χ1v) is 9.86. The van der Waals surface area contributed by atoms with E-state index in [1.807, 2.05) is 17.9 Å². The van der Waals surface area contributed by atoms with Crippen molar-refractivity contribution in [2.45, 2.75) is 45.6 Å². The van der Waals surface area contributed by atoms with E-state index in [0.717, 1.165) is 37.1 Å². The van der Waals surface area contributed by atoms with Crippen LogP contribution in [0.3, 0.4) is 0 Å². The summed E-state index contributed by atoms with van der Waals surface area (Å²) in [7, 11) is 0. The number of benzene rings is 2. The first-order valence-electron chi connectivity index (χ1n) is 9.48. The molecule has 5 heteroatoms. The summed E-state index contributed by atoms with van der Waals surface area (Å²) in [6.07, 6.45) is 4.30. The minimum Gasteiger partial charge on any atom is -0.336 e. The molecule has 2 amide bonds. The SMILES string of the molecule is CCC1CCCCN1C(=O)c1ccc(C(=O)Nc2ccc(Cl)cc2C)cc1. The van der Waals surface area contributed by atoms with Gasteiger partial charge < -0.3 is 10.2 Å². The van der Waals surface area contributed by atoms with Crippen LogP contribution in [0.1, 0.15) is 58.9 Å². The zero-order valence-electron chi connectivity index (χ0n) is 15.8. The Labute approximate surface area is 165 Å². The molecule has 1 N–H and O–H groups in total. The Kier molecular flexibility index (Phi) is 6.17. The summed E-state index contributed by atoms with van der Waals surface area (Å²) >= 11 is 5.95. The number of nitrogens with one attached hydrogen (secondary N) is 1. The predicted octanol–water partition coefficient (Wildman–Crippen LogP) is 5.31. The molecule has 2 aromatic rings. The zero-order valence-corrected chi connectivity index (χ0v) is 16.6. The molecule has 1 heterocycles. The van der Waals surface area contributed by atoms with Gasteiger partial charge in [0, 0.05) is 34.4 Å². The Hall–Kier alpha value is -2.33. The van der Waals surface area contributed by atoms with Gasteiger partial charge in [-0.05, 0) is 80.6 Å². The van der Waals surface area contributed by atoms with Crippen molar-refractivity contribution in [3.63, 3.8) is 0 Å². The summed E-state index contributed by atoms with van der Waals surface area (Å²) in [6, 6.07) is 12.6. The summed E-state index contributed by atoms with van der Waals surface area (Å²) in [5.74, 6) is -0.147. The molecule has 0 aromatic heterocycles. The Morgan fingerprint density at radius 3 is 2.48 bits per heavy atom. The van der Waals surface area contributed by atoms with Crippen LogP contribution >= 0.6 is 11.6 Å². The lowest BCUT2D eigenvalue weighted by atomic mass is 9.98. The lowest BCUT2D eigenvalue weighted by molar-refractivity contribution is 0.0607. The van der Waals surface area contributed by atoms with Gasteiger partial charge in [0.2, 0.25) is 0 Å². The molecule has 1 atom stereocenters. The average molecular weight is 385 g/mol. The van der Waals surface area contributed by atoms with Crippen molar-refractivity contribution in [3.8, 4) is 0 Å². The number of piperidine rings is 1. The van der Waals surface area contributed by atoms with E-state index in [1.165, 1.54) is 6.42 Å². The minimum absolute atomic E-state index is 0.0575. The molecular formula is C22H25ClN2O2. The first-order chi connectivity index (χ1) is 13.0. The maximum Gasteiger partial charge on any atom is 0.255 e. The third-order valence-corrected chi connectivity index (χ3v) is 5.43. The molecule has 4 nitrogen and oxygen atoms in total. The van der Waals surface area contributed by atoms with Gasteiger partial charge in [0.1, 0.15) is 0 Å². The van der Waals surface area contributed by atoms with Crippen molar-refractivity contribution in [1.29, 1.82) is 0 Å². The smallest absolute Gasteiger partial charge is 0.255 e. The van der Waals surface area contributed by atoms with Gasteiger partial charge >= 0.3 is 0 Å². The number of aryl methyl sites for hydroxylation is 1. The number of likely N-dealkylation sites (tertiary alicyclic amines) is 1. The molecule has 2 aromatic carbocycles. The van der Waals surface area contributed by atoms with Gasteiger partial charge in [-0.1, -0.05) is 18.5 Å². The van der Waals surface area contributed by atoms with E-state index < -0.39 is 0 Å². The van der Waals surface area contributed by atoms with E-state index in [1.54, 1.807) is 36.4 Å². The second kappa shape index (κ2) is 8.57. The van der Waals surface area contributed by atoms with Gasteiger partial charge in [0.05, 0.1) is 0 Å². The maximum atomic E-state index is 12.8. The fraction of sp³-hybridized carbons (Fsp3) is 0.364. The van der Waals surface area contributed by atoms with Crippen molar-refractivity contribution in [2.24, 2.45) is 0 Å². The fourth-order valence-corrected chi connectivity index (χ4v) is 3.81. The number of anilines is 1. The highest BCUT2D eigenvalue weighted by Crippen LogP contribution is 2.23. The van der Waals surface area contributed by atoms with Gasteiger partial charge in [-0.2, -0.15) is 0 Å². The predicted molar refractivity (Wildman–Crippen MR) is 110 cm³/mol. The third kappa shape index (κ3) is 4.51. The largest absolute Gasteiger partial charge is 0.336 e. The minimum atomic E-state index is -0.205.